The van der Waals surface area contributed by atoms with Crippen molar-refractivity contribution in [3.8, 4) is 11.5 Å². The van der Waals surface area contributed by atoms with Gasteiger partial charge in [-0.15, -0.1) is 0 Å². The minimum atomic E-state index is -0.408. The molecule has 0 heterocycles. The summed E-state index contributed by atoms with van der Waals surface area (Å²) in [6.07, 6.45) is 1.12. The summed E-state index contributed by atoms with van der Waals surface area (Å²) in [5.41, 5.74) is 5.50. The van der Waals surface area contributed by atoms with Crippen LogP contribution >= 0.6 is 0 Å². The first-order valence-corrected chi connectivity index (χ1v) is 14.9. The summed E-state index contributed by atoms with van der Waals surface area (Å²) in [5.74, 6) is -0.723. The van der Waals surface area contributed by atoms with Crippen LogP contribution in [0.15, 0.2) is 109 Å². The summed E-state index contributed by atoms with van der Waals surface area (Å²) < 4.78 is 10.4. The number of esters is 2. The molecule has 0 aliphatic rings. The van der Waals surface area contributed by atoms with Gasteiger partial charge in [0, 0.05) is 46.1 Å². The quantitative estimate of drug-likeness (QED) is 0.0480. The Labute approximate surface area is 267 Å². The van der Waals surface area contributed by atoms with Crippen molar-refractivity contribution in [2.45, 2.75) is 26.7 Å². The lowest BCUT2D eigenvalue weighted by Crippen LogP contribution is -2.08. The van der Waals surface area contributed by atoms with Crippen LogP contribution in [0.2, 0.25) is 0 Å². The van der Waals surface area contributed by atoms with Gasteiger partial charge in [0.15, 0.2) is 0 Å². The zero-order valence-corrected chi connectivity index (χ0v) is 25.9. The Hall–Kier alpha value is -5.76. The average molecular weight is 617 g/mol. The standard InChI is InChI=1S/C38H36N2O6/c1-23(2)37(43)45-21-19-25-9-13-27(14-10-25)39-31-17-18-32(34-33(31)35(41)29-7-5-6-8-30(29)36(34)42)40-28-15-11-26(12-16-28)20-22-46-38(44)24(3)4/h5-18,39-42H,1,3,19-22H2,2,4H3. The van der Waals surface area contributed by atoms with E-state index in [0.29, 0.717) is 56.9 Å². The molecule has 0 saturated heterocycles. The van der Waals surface area contributed by atoms with E-state index in [0.717, 1.165) is 22.5 Å². The SMILES string of the molecule is C=C(C)C(=O)OCCc1ccc(Nc2ccc(Nc3ccc(CCOC(=O)C(=C)C)cc3)c3c(O)c4ccccc4c(O)c23)cc1. The predicted octanol–water partition coefficient (Wildman–Crippen LogP) is 8.22. The molecule has 5 aromatic carbocycles. The Kier molecular flexibility index (Phi) is 9.57. The molecule has 0 fully saturated rings. The second-order valence-corrected chi connectivity index (χ2v) is 11.1. The molecule has 46 heavy (non-hydrogen) atoms. The Morgan fingerprint density at radius 2 is 0.978 bits per heavy atom. The van der Waals surface area contributed by atoms with Crippen molar-refractivity contribution in [1.29, 1.82) is 0 Å². The van der Waals surface area contributed by atoms with Crippen LogP contribution in [0.25, 0.3) is 21.5 Å². The van der Waals surface area contributed by atoms with Crippen molar-refractivity contribution in [2.75, 3.05) is 23.8 Å². The number of ether oxygens (including phenoxy) is 2. The van der Waals surface area contributed by atoms with E-state index in [1.54, 1.807) is 26.0 Å². The van der Waals surface area contributed by atoms with E-state index < -0.39 is 11.9 Å². The van der Waals surface area contributed by atoms with Crippen molar-refractivity contribution in [1.82, 2.24) is 0 Å². The van der Waals surface area contributed by atoms with Crippen molar-refractivity contribution in [3.63, 3.8) is 0 Å². The molecule has 5 rings (SSSR count). The first-order valence-electron chi connectivity index (χ1n) is 14.9. The molecule has 0 atom stereocenters. The molecular weight excluding hydrogens is 580 g/mol. The number of rotatable bonds is 12. The lowest BCUT2D eigenvalue weighted by Gasteiger charge is -2.19. The van der Waals surface area contributed by atoms with E-state index in [9.17, 15) is 19.8 Å². The fourth-order valence-corrected chi connectivity index (χ4v) is 5.06. The Morgan fingerprint density at radius 3 is 1.33 bits per heavy atom. The summed E-state index contributed by atoms with van der Waals surface area (Å²) >= 11 is 0. The predicted molar refractivity (Wildman–Crippen MR) is 183 cm³/mol. The van der Waals surface area contributed by atoms with Crippen LogP contribution in [-0.2, 0) is 31.9 Å². The van der Waals surface area contributed by atoms with Crippen molar-refractivity contribution >= 4 is 56.2 Å². The number of fused-ring (bicyclic) bond motifs is 2. The molecule has 0 amide bonds. The summed E-state index contributed by atoms with van der Waals surface area (Å²) in [6.45, 7) is 10.9. The van der Waals surface area contributed by atoms with Gasteiger partial charge in [-0.1, -0.05) is 61.7 Å². The molecule has 0 aliphatic carbocycles. The van der Waals surface area contributed by atoms with Crippen LogP contribution in [0.5, 0.6) is 11.5 Å². The van der Waals surface area contributed by atoms with Crippen molar-refractivity contribution in [3.05, 3.63) is 120 Å². The van der Waals surface area contributed by atoms with Gasteiger partial charge >= 0.3 is 11.9 Å². The van der Waals surface area contributed by atoms with Crippen LogP contribution in [0, 0.1) is 0 Å². The number of carbonyl (C=O) groups excluding carboxylic acids is 2. The van der Waals surface area contributed by atoms with Gasteiger partial charge in [0.1, 0.15) is 11.5 Å². The van der Waals surface area contributed by atoms with Crippen LogP contribution in [0.3, 0.4) is 0 Å². The van der Waals surface area contributed by atoms with E-state index in [1.807, 2.05) is 72.8 Å². The number of hydrogen-bond acceptors (Lipinski definition) is 8. The largest absolute Gasteiger partial charge is 0.507 e. The first-order chi connectivity index (χ1) is 22.1. The number of aromatic hydroxyl groups is 2. The molecule has 0 aliphatic heterocycles. The second kappa shape index (κ2) is 13.9. The normalized spacial score (nSPS) is 10.8. The average Bonchev–Trinajstić information content (AvgIpc) is 3.05. The maximum Gasteiger partial charge on any atom is 0.333 e. The lowest BCUT2D eigenvalue weighted by atomic mass is 9.97. The molecule has 8 heteroatoms. The number of hydrogen-bond donors (Lipinski definition) is 4. The first kappa shape index (κ1) is 31.7. The van der Waals surface area contributed by atoms with E-state index >= 15 is 0 Å². The topological polar surface area (TPSA) is 117 Å². The van der Waals surface area contributed by atoms with E-state index in [4.69, 9.17) is 9.47 Å². The number of benzene rings is 5. The molecule has 0 aromatic heterocycles. The number of anilines is 4. The highest BCUT2D eigenvalue weighted by Crippen LogP contribution is 2.48. The molecule has 5 aromatic rings. The molecule has 0 radical (unpaired) electrons. The van der Waals surface area contributed by atoms with Crippen molar-refractivity contribution in [2.24, 2.45) is 0 Å². The van der Waals surface area contributed by atoms with Crippen molar-refractivity contribution < 1.29 is 29.3 Å². The smallest absolute Gasteiger partial charge is 0.333 e. The third-order valence-electron chi connectivity index (χ3n) is 7.53. The lowest BCUT2D eigenvalue weighted by molar-refractivity contribution is -0.139. The highest BCUT2D eigenvalue weighted by Gasteiger charge is 2.19. The molecule has 234 valence electrons. The number of nitrogens with one attached hydrogen (secondary N) is 2. The molecule has 0 unspecified atom stereocenters. The third kappa shape index (κ3) is 7.13. The molecule has 0 spiro atoms. The summed E-state index contributed by atoms with van der Waals surface area (Å²) in [5, 5.41) is 31.8. The van der Waals surface area contributed by atoms with Crippen LogP contribution in [0.1, 0.15) is 25.0 Å². The van der Waals surface area contributed by atoms with Crippen LogP contribution in [-0.4, -0.2) is 35.4 Å². The van der Waals surface area contributed by atoms with Gasteiger partial charge in [-0.3, -0.25) is 0 Å². The molecule has 8 nitrogen and oxygen atoms in total. The molecule has 0 saturated carbocycles. The maximum absolute atomic E-state index is 11.7. The van der Waals surface area contributed by atoms with Gasteiger partial charge in [0.2, 0.25) is 0 Å². The minimum Gasteiger partial charge on any atom is -0.507 e. The minimum absolute atomic E-state index is 0.0464. The Balaban J connectivity index is 1.41. The summed E-state index contributed by atoms with van der Waals surface area (Å²) in [4.78, 5) is 23.3. The molecular formula is C38H36N2O6. The molecule has 4 N–H and O–H groups in total. The Bertz CT molecular complexity index is 1800. The zero-order valence-electron chi connectivity index (χ0n) is 25.9. The fraction of sp³-hybridized carbons (Fsp3) is 0.158. The van der Waals surface area contributed by atoms with Crippen LogP contribution in [0.4, 0.5) is 22.7 Å². The fourth-order valence-electron chi connectivity index (χ4n) is 5.06. The van der Waals surface area contributed by atoms with Gasteiger partial charge in [-0.25, -0.2) is 9.59 Å². The van der Waals surface area contributed by atoms with Gasteiger partial charge in [-0.2, -0.15) is 0 Å². The third-order valence-corrected chi connectivity index (χ3v) is 7.53. The second-order valence-electron chi connectivity index (χ2n) is 11.1. The molecule has 0 bridgehead atoms. The van der Waals surface area contributed by atoms with E-state index in [1.165, 1.54) is 0 Å². The zero-order chi connectivity index (χ0) is 32.8. The van der Waals surface area contributed by atoms with Gasteiger partial charge in [0.25, 0.3) is 0 Å². The number of phenols is 2. The van der Waals surface area contributed by atoms with E-state index in [2.05, 4.69) is 23.8 Å². The van der Waals surface area contributed by atoms with Gasteiger partial charge in [0.05, 0.1) is 35.4 Å². The van der Waals surface area contributed by atoms with Gasteiger partial charge < -0.3 is 30.3 Å². The maximum atomic E-state index is 11.7. The monoisotopic (exact) mass is 616 g/mol. The number of carbonyl (C=O) groups is 2. The summed E-state index contributed by atoms with van der Waals surface area (Å²) in [6, 6.07) is 26.3. The summed E-state index contributed by atoms with van der Waals surface area (Å²) in [7, 11) is 0. The Morgan fingerprint density at radius 1 is 0.609 bits per heavy atom. The number of phenolic OH excluding ortho intramolecular Hbond substituents is 2. The van der Waals surface area contributed by atoms with Gasteiger partial charge in [-0.05, 0) is 61.4 Å². The highest BCUT2D eigenvalue weighted by molar-refractivity contribution is 6.19. The van der Waals surface area contributed by atoms with Crippen LogP contribution < -0.4 is 10.6 Å². The van der Waals surface area contributed by atoms with E-state index in [-0.39, 0.29) is 24.7 Å². The highest BCUT2D eigenvalue weighted by atomic mass is 16.5.